The number of hydrogen-bond acceptors (Lipinski definition) is 5. The number of benzene rings is 1. The summed E-state index contributed by atoms with van der Waals surface area (Å²) in [6.07, 6.45) is 0.0530. The summed E-state index contributed by atoms with van der Waals surface area (Å²) < 4.78 is 10.1. The van der Waals surface area contributed by atoms with Crippen LogP contribution in [0.2, 0.25) is 0 Å². The molecule has 1 rings (SSSR count). The van der Waals surface area contributed by atoms with Crippen molar-refractivity contribution in [1.29, 1.82) is 0 Å². The molecule has 0 heterocycles. The molecule has 0 unspecified atom stereocenters. The van der Waals surface area contributed by atoms with Crippen LogP contribution in [-0.4, -0.2) is 30.8 Å². The molecule has 0 aliphatic heterocycles. The van der Waals surface area contributed by atoms with Gasteiger partial charge in [-0.1, -0.05) is 0 Å². The van der Waals surface area contributed by atoms with E-state index in [1.165, 1.54) is 0 Å². The summed E-state index contributed by atoms with van der Waals surface area (Å²) in [6, 6.07) is 6.73. The Morgan fingerprint density at radius 3 is 2.38 bits per heavy atom. The van der Waals surface area contributed by atoms with Gasteiger partial charge >= 0.3 is 5.97 Å². The molecule has 1 aromatic carbocycles. The molecule has 0 spiro atoms. The van der Waals surface area contributed by atoms with Gasteiger partial charge in [-0.25, -0.2) is 5.43 Å². The third-order valence-corrected chi connectivity index (χ3v) is 2.48. The summed E-state index contributed by atoms with van der Waals surface area (Å²) in [4.78, 5) is 23.1. The van der Waals surface area contributed by atoms with E-state index in [-0.39, 0.29) is 18.3 Å². The van der Waals surface area contributed by atoms with Crippen molar-refractivity contribution < 1.29 is 19.1 Å². The van der Waals surface area contributed by atoms with Crippen LogP contribution >= 0.6 is 0 Å². The maximum Gasteiger partial charge on any atom is 0.311 e. The van der Waals surface area contributed by atoms with Crippen LogP contribution < -0.4 is 10.2 Å². The van der Waals surface area contributed by atoms with Crippen LogP contribution in [0.4, 0.5) is 0 Å². The van der Waals surface area contributed by atoms with Crippen molar-refractivity contribution in [2.45, 2.75) is 27.2 Å². The summed E-state index contributed by atoms with van der Waals surface area (Å²) in [6.45, 7) is 6.17. The number of nitrogens with zero attached hydrogens (tertiary/aromatic N) is 1. The Bertz CT molecular complexity index is 509. The molecule has 0 aliphatic carbocycles. The normalized spacial score (nSPS) is 10.9. The molecular weight excluding hydrogens is 272 g/mol. The van der Waals surface area contributed by atoms with Gasteiger partial charge in [0.1, 0.15) is 5.75 Å². The first-order valence-electron chi connectivity index (χ1n) is 6.78. The molecule has 6 nitrogen and oxygen atoms in total. The Kier molecular flexibility index (Phi) is 6.94. The number of amides is 1. The van der Waals surface area contributed by atoms with E-state index < -0.39 is 0 Å². The Morgan fingerprint density at radius 2 is 1.81 bits per heavy atom. The second-order valence-electron chi connectivity index (χ2n) is 4.23. The van der Waals surface area contributed by atoms with E-state index in [9.17, 15) is 9.59 Å². The highest BCUT2D eigenvalue weighted by atomic mass is 16.5. The molecule has 1 N–H and O–H groups in total. The highest BCUT2D eigenvalue weighted by molar-refractivity contribution is 5.99. The number of carbonyl (C=O) groups is 2. The second kappa shape index (κ2) is 8.73. The number of esters is 1. The van der Waals surface area contributed by atoms with Crippen LogP contribution in [0.3, 0.4) is 0 Å². The van der Waals surface area contributed by atoms with Crippen LogP contribution in [0.25, 0.3) is 0 Å². The van der Waals surface area contributed by atoms with Crippen LogP contribution in [0.1, 0.15) is 37.6 Å². The highest BCUT2D eigenvalue weighted by Gasteiger charge is 2.07. The average Bonchev–Trinajstić information content (AvgIpc) is 2.46. The zero-order chi connectivity index (χ0) is 15.7. The lowest BCUT2D eigenvalue weighted by molar-refractivity contribution is -0.141. The van der Waals surface area contributed by atoms with Crippen molar-refractivity contribution in [3.05, 3.63) is 29.8 Å². The second-order valence-corrected chi connectivity index (χ2v) is 4.23. The van der Waals surface area contributed by atoms with Crippen molar-refractivity contribution in [2.75, 3.05) is 13.2 Å². The summed E-state index contributed by atoms with van der Waals surface area (Å²) in [7, 11) is 0. The minimum absolute atomic E-state index is 0.0530. The maximum atomic E-state index is 11.9. The van der Waals surface area contributed by atoms with Gasteiger partial charge < -0.3 is 9.47 Å². The van der Waals surface area contributed by atoms with Gasteiger partial charge in [0.15, 0.2) is 0 Å². The molecule has 0 aromatic heterocycles. The molecule has 114 valence electrons. The molecule has 1 amide bonds. The van der Waals surface area contributed by atoms with E-state index in [0.717, 1.165) is 0 Å². The third kappa shape index (κ3) is 6.07. The van der Waals surface area contributed by atoms with E-state index in [1.54, 1.807) is 38.1 Å². The molecule has 0 bridgehead atoms. The molecule has 0 saturated heterocycles. The largest absolute Gasteiger partial charge is 0.494 e. The zero-order valence-electron chi connectivity index (χ0n) is 12.5. The van der Waals surface area contributed by atoms with Crippen molar-refractivity contribution >= 4 is 17.6 Å². The molecule has 0 saturated carbocycles. The van der Waals surface area contributed by atoms with Gasteiger partial charge in [-0.15, -0.1) is 0 Å². The lowest BCUT2D eigenvalue weighted by atomic mass is 10.2. The fourth-order valence-electron chi connectivity index (χ4n) is 1.54. The fourth-order valence-corrected chi connectivity index (χ4v) is 1.54. The summed E-state index contributed by atoms with van der Waals surface area (Å²) in [5.74, 6) is -0.00799. The number of ether oxygens (including phenoxy) is 2. The summed E-state index contributed by atoms with van der Waals surface area (Å²) in [5.41, 5.74) is 3.34. The van der Waals surface area contributed by atoms with E-state index in [1.807, 2.05) is 6.92 Å². The van der Waals surface area contributed by atoms with Crippen LogP contribution in [0.15, 0.2) is 29.4 Å². The standard InChI is InChI=1S/C15H20N2O4/c1-4-20-13-8-6-12(7-9-13)15(19)17-16-11(3)10-14(18)21-5-2/h6-9H,4-5,10H2,1-3H3,(H,17,19)/b16-11+. The maximum absolute atomic E-state index is 11.9. The lowest BCUT2D eigenvalue weighted by Crippen LogP contribution is -2.20. The third-order valence-electron chi connectivity index (χ3n) is 2.48. The first-order chi connectivity index (χ1) is 10.1. The van der Waals surface area contributed by atoms with Crippen molar-refractivity contribution in [2.24, 2.45) is 5.10 Å². The van der Waals surface area contributed by atoms with E-state index in [0.29, 0.717) is 30.2 Å². The smallest absolute Gasteiger partial charge is 0.311 e. The topological polar surface area (TPSA) is 77.0 Å². The van der Waals surface area contributed by atoms with Crippen molar-refractivity contribution in [3.8, 4) is 5.75 Å². The SMILES string of the molecule is CCOC(=O)C/C(C)=N/NC(=O)c1ccc(OCC)cc1. The number of rotatable bonds is 7. The predicted octanol–water partition coefficient (Wildman–Crippen LogP) is 2.14. The minimum Gasteiger partial charge on any atom is -0.494 e. The van der Waals surface area contributed by atoms with Gasteiger partial charge in [0.2, 0.25) is 0 Å². The van der Waals surface area contributed by atoms with Gasteiger partial charge in [-0.3, -0.25) is 9.59 Å². The van der Waals surface area contributed by atoms with E-state index >= 15 is 0 Å². The van der Waals surface area contributed by atoms with E-state index in [4.69, 9.17) is 9.47 Å². The van der Waals surface area contributed by atoms with Crippen molar-refractivity contribution in [1.82, 2.24) is 5.43 Å². The quantitative estimate of drug-likeness (QED) is 0.474. The summed E-state index contributed by atoms with van der Waals surface area (Å²) >= 11 is 0. The number of hydrogen-bond donors (Lipinski definition) is 1. The number of carbonyl (C=O) groups excluding carboxylic acids is 2. The number of nitrogens with one attached hydrogen (secondary N) is 1. The number of hydrazone groups is 1. The Hall–Kier alpha value is -2.37. The van der Waals surface area contributed by atoms with Crippen LogP contribution in [-0.2, 0) is 9.53 Å². The summed E-state index contributed by atoms with van der Waals surface area (Å²) in [5, 5.41) is 3.87. The Labute approximate surface area is 124 Å². The van der Waals surface area contributed by atoms with Gasteiger partial charge in [-0.05, 0) is 45.0 Å². The molecule has 0 aliphatic rings. The fraction of sp³-hybridized carbons (Fsp3) is 0.400. The van der Waals surface area contributed by atoms with Gasteiger partial charge in [0.05, 0.1) is 19.6 Å². The molecule has 0 fully saturated rings. The van der Waals surface area contributed by atoms with E-state index in [2.05, 4.69) is 10.5 Å². The first-order valence-corrected chi connectivity index (χ1v) is 6.78. The molecule has 6 heteroatoms. The Morgan fingerprint density at radius 1 is 1.14 bits per heavy atom. The lowest BCUT2D eigenvalue weighted by Gasteiger charge is -2.05. The van der Waals surface area contributed by atoms with Crippen molar-refractivity contribution in [3.63, 3.8) is 0 Å². The van der Waals surface area contributed by atoms with Crippen LogP contribution in [0, 0.1) is 0 Å². The molecule has 1 aromatic rings. The molecule has 21 heavy (non-hydrogen) atoms. The highest BCUT2D eigenvalue weighted by Crippen LogP contribution is 2.11. The Balaban J connectivity index is 2.54. The van der Waals surface area contributed by atoms with Crippen LogP contribution in [0.5, 0.6) is 5.75 Å². The predicted molar refractivity (Wildman–Crippen MR) is 79.4 cm³/mol. The molecular formula is C15H20N2O4. The zero-order valence-corrected chi connectivity index (χ0v) is 12.5. The molecule has 0 atom stereocenters. The molecule has 0 radical (unpaired) electrons. The first kappa shape index (κ1) is 16.7. The van der Waals surface area contributed by atoms with Gasteiger partial charge in [-0.2, -0.15) is 5.10 Å². The van der Waals surface area contributed by atoms with Gasteiger partial charge in [0.25, 0.3) is 5.91 Å². The monoisotopic (exact) mass is 292 g/mol. The van der Waals surface area contributed by atoms with Gasteiger partial charge in [0, 0.05) is 11.3 Å². The average molecular weight is 292 g/mol. The minimum atomic E-state index is -0.367.